The van der Waals surface area contributed by atoms with Gasteiger partial charge in [0, 0.05) is 0 Å². The van der Waals surface area contributed by atoms with E-state index in [9.17, 15) is 18.0 Å². The van der Waals surface area contributed by atoms with E-state index in [1.165, 1.54) is 12.1 Å². The molecule has 0 N–H and O–H groups in total. The molecule has 2 heterocycles. The number of hydrogen-bond acceptors (Lipinski definition) is 9. The van der Waals surface area contributed by atoms with E-state index < -0.39 is 17.7 Å². The quantitative estimate of drug-likeness (QED) is 0.369. The van der Waals surface area contributed by atoms with E-state index in [1.54, 1.807) is 6.92 Å². The minimum Gasteiger partial charge on any atom is -0.489 e. The molecule has 4 rings (SSSR count). The second-order valence-corrected chi connectivity index (χ2v) is 8.61. The molecule has 14 heteroatoms. The molecule has 1 saturated carbocycles. The number of carbonyl (C=O) groups is 1. The number of aromatic nitrogens is 5. The number of nitrogens with zero attached hydrogens (tertiary/aromatic N) is 5. The predicted molar refractivity (Wildman–Crippen MR) is 116 cm³/mol. The molecule has 1 aliphatic rings. The minimum atomic E-state index is -4.44. The summed E-state index contributed by atoms with van der Waals surface area (Å²) >= 11 is 3.25. The first kappa shape index (κ1) is 24.9. The molecule has 0 amide bonds. The van der Waals surface area contributed by atoms with Gasteiger partial charge in [-0.05, 0) is 77.1 Å². The highest BCUT2D eigenvalue weighted by Gasteiger charge is 2.32. The van der Waals surface area contributed by atoms with Gasteiger partial charge in [0.15, 0.2) is 6.54 Å². The average molecular weight is 560 g/mol. The number of esters is 1. The van der Waals surface area contributed by atoms with E-state index in [1.807, 2.05) is 0 Å². The van der Waals surface area contributed by atoms with Gasteiger partial charge >= 0.3 is 12.1 Å². The molecule has 0 radical (unpaired) electrons. The molecule has 2 aromatic heterocycles. The first-order chi connectivity index (χ1) is 16.7. The van der Waals surface area contributed by atoms with E-state index in [0.717, 1.165) is 16.9 Å². The third kappa shape index (κ3) is 6.50. The van der Waals surface area contributed by atoms with Crippen LogP contribution in [0.3, 0.4) is 0 Å². The van der Waals surface area contributed by atoms with Crippen LogP contribution < -0.4 is 9.47 Å². The number of carbonyl (C=O) groups excluding carboxylic acids is 1. The van der Waals surface area contributed by atoms with Gasteiger partial charge in [-0.3, -0.25) is 0 Å². The largest absolute Gasteiger partial charge is 0.489 e. The zero-order valence-electron chi connectivity index (χ0n) is 18.5. The number of tetrazole rings is 1. The molecule has 1 aromatic carbocycles. The maximum absolute atomic E-state index is 13.0. The van der Waals surface area contributed by atoms with Gasteiger partial charge in [0.25, 0.3) is 5.88 Å². The van der Waals surface area contributed by atoms with Gasteiger partial charge in [-0.25, -0.2) is 4.79 Å². The highest BCUT2D eigenvalue weighted by molar-refractivity contribution is 9.10. The second kappa shape index (κ2) is 10.6. The first-order valence-corrected chi connectivity index (χ1v) is 11.6. The Hall–Kier alpha value is -3.16. The summed E-state index contributed by atoms with van der Waals surface area (Å²) in [5.41, 5.74) is -0.759. The van der Waals surface area contributed by atoms with Crippen LogP contribution in [0.15, 0.2) is 33.3 Å². The Balaban J connectivity index is 1.29. The smallest absolute Gasteiger partial charge is 0.416 e. The molecule has 10 nitrogen and oxygen atoms in total. The van der Waals surface area contributed by atoms with Crippen LogP contribution in [0.4, 0.5) is 13.2 Å². The molecule has 1 fully saturated rings. The highest BCUT2D eigenvalue weighted by atomic mass is 79.9. The topological polar surface area (TPSA) is 114 Å². The van der Waals surface area contributed by atoms with Crippen LogP contribution in [0.1, 0.15) is 38.2 Å². The highest BCUT2D eigenvalue weighted by Crippen LogP contribution is 2.37. The zero-order valence-corrected chi connectivity index (χ0v) is 20.1. The fourth-order valence-corrected chi connectivity index (χ4v) is 3.88. The van der Waals surface area contributed by atoms with Crippen LogP contribution in [-0.2, 0) is 22.3 Å². The standard InChI is InChI=1S/C21H21BrF3N5O5/c1-2-32-19(31)11-30-27-20(26-29-30)17-10-18(28-35-17)34-14-6-4-13(5-7-14)33-16-9-12(21(23,24)25)3-8-15(16)22/h3,8-10,13-14H,2,4-7,11H2,1H3. The Bertz CT molecular complexity index is 1160. The van der Waals surface area contributed by atoms with Crippen molar-refractivity contribution >= 4 is 21.9 Å². The first-order valence-electron chi connectivity index (χ1n) is 10.8. The van der Waals surface area contributed by atoms with E-state index >= 15 is 0 Å². The summed E-state index contributed by atoms with van der Waals surface area (Å²) in [5.74, 6) is 0.278. The van der Waals surface area contributed by atoms with Crippen molar-refractivity contribution in [3.05, 3.63) is 34.3 Å². The molecule has 0 unspecified atom stereocenters. The molecule has 0 aliphatic heterocycles. The summed E-state index contributed by atoms with van der Waals surface area (Å²) in [6, 6.07) is 4.86. The predicted octanol–water partition coefficient (Wildman–Crippen LogP) is 4.44. The van der Waals surface area contributed by atoms with Crippen molar-refractivity contribution < 1.29 is 36.7 Å². The number of ether oxygens (including phenoxy) is 3. The van der Waals surface area contributed by atoms with Crippen LogP contribution >= 0.6 is 15.9 Å². The Morgan fingerprint density at radius 1 is 1.17 bits per heavy atom. The summed E-state index contributed by atoms with van der Waals surface area (Å²) in [6.07, 6.45) is -2.39. The Kier molecular flexibility index (Phi) is 7.57. The Labute approximate surface area is 205 Å². The monoisotopic (exact) mass is 559 g/mol. The molecule has 35 heavy (non-hydrogen) atoms. The van der Waals surface area contributed by atoms with Gasteiger partial charge in [0.2, 0.25) is 11.6 Å². The van der Waals surface area contributed by atoms with E-state index in [0.29, 0.717) is 30.2 Å². The number of rotatable bonds is 8. The average Bonchev–Trinajstić information content (AvgIpc) is 3.45. The van der Waals surface area contributed by atoms with Crippen molar-refractivity contribution in [1.29, 1.82) is 0 Å². The van der Waals surface area contributed by atoms with Gasteiger partial charge in [0.05, 0.1) is 28.8 Å². The summed E-state index contributed by atoms with van der Waals surface area (Å²) in [4.78, 5) is 12.6. The zero-order chi connectivity index (χ0) is 25.0. The summed E-state index contributed by atoms with van der Waals surface area (Å²) in [7, 11) is 0. The lowest BCUT2D eigenvalue weighted by molar-refractivity contribution is -0.144. The van der Waals surface area contributed by atoms with Gasteiger partial charge in [-0.15, -0.1) is 10.2 Å². The molecule has 0 bridgehead atoms. The van der Waals surface area contributed by atoms with Crippen LogP contribution in [0.5, 0.6) is 11.6 Å². The Morgan fingerprint density at radius 3 is 2.57 bits per heavy atom. The molecule has 3 aromatic rings. The van der Waals surface area contributed by atoms with Crippen molar-refractivity contribution in [3.63, 3.8) is 0 Å². The van der Waals surface area contributed by atoms with Crippen LogP contribution in [0, 0.1) is 0 Å². The number of hydrogen-bond donors (Lipinski definition) is 0. The van der Waals surface area contributed by atoms with Crippen LogP contribution in [-0.4, -0.2) is 50.1 Å². The number of halogens is 4. The fraction of sp³-hybridized carbons (Fsp3) is 0.476. The van der Waals surface area contributed by atoms with Crippen molar-refractivity contribution in [2.45, 2.75) is 57.5 Å². The lowest BCUT2D eigenvalue weighted by Crippen LogP contribution is -2.30. The minimum absolute atomic E-state index is 0.139. The lowest BCUT2D eigenvalue weighted by Gasteiger charge is -2.29. The van der Waals surface area contributed by atoms with Crippen molar-refractivity contribution in [2.24, 2.45) is 0 Å². The fourth-order valence-electron chi connectivity index (χ4n) is 3.54. The summed E-state index contributed by atoms with van der Waals surface area (Å²) < 4.78 is 61.2. The molecular weight excluding hydrogens is 539 g/mol. The number of benzene rings is 1. The van der Waals surface area contributed by atoms with Crippen LogP contribution in [0.25, 0.3) is 11.6 Å². The molecule has 0 atom stereocenters. The van der Waals surface area contributed by atoms with Gasteiger partial charge < -0.3 is 18.7 Å². The van der Waals surface area contributed by atoms with Crippen molar-refractivity contribution in [2.75, 3.05) is 6.61 Å². The van der Waals surface area contributed by atoms with Gasteiger partial charge in [-0.2, -0.15) is 18.0 Å². The molecule has 0 spiro atoms. The van der Waals surface area contributed by atoms with Crippen molar-refractivity contribution in [3.8, 4) is 23.2 Å². The van der Waals surface area contributed by atoms with Crippen LogP contribution in [0.2, 0.25) is 0 Å². The molecule has 0 saturated heterocycles. The lowest BCUT2D eigenvalue weighted by atomic mass is 9.95. The van der Waals surface area contributed by atoms with Gasteiger partial charge in [0.1, 0.15) is 11.9 Å². The molecule has 188 valence electrons. The third-order valence-corrected chi connectivity index (χ3v) is 5.85. The summed E-state index contributed by atoms with van der Waals surface area (Å²) in [5, 5.41) is 15.5. The molecule has 1 aliphatic carbocycles. The Morgan fingerprint density at radius 2 is 1.89 bits per heavy atom. The SMILES string of the molecule is CCOC(=O)Cn1nnc(-c2cc(OC3CCC(Oc4cc(C(F)(F)F)ccc4Br)CC3)no2)n1. The van der Waals surface area contributed by atoms with Gasteiger partial charge in [-0.1, -0.05) is 0 Å². The van der Waals surface area contributed by atoms with E-state index in [4.69, 9.17) is 18.7 Å². The van der Waals surface area contributed by atoms with Crippen molar-refractivity contribution in [1.82, 2.24) is 25.4 Å². The third-order valence-electron chi connectivity index (χ3n) is 5.20. The maximum Gasteiger partial charge on any atom is 0.416 e. The maximum atomic E-state index is 13.0. The summed E-state index contributed by atoms with van der Waals surface area (Å²) in [6.45, 7) is 1.77. The molecular formula is C21H21BrF3N5O5. The normalized spacial score (nSPS) is 18.3. The number of alkyl halides is 3. The van der Waals surface area contributed by atoms with E-state index in [-0.39, 0.29) is 48.6 Å². The van der Waals surface area contributed by atoms with E-state index in [2.05, 4.69) is 36.5 Å². The second-order valence-electron chi connectivity index (χ2n) is 7.76.